The van der Waals surface area contributed by atoms with Gasteiger partial charge in [-0.15, -0.1) is 12.4 Å². The van der Waals surface area contributed by atoms with Crippen LogP contribution < -0.4 is 11.1 Å². The summed E-state index contributed by atoms with van der Waals surface area (Å²) in [5.74, 6) is 0.572. The molecule has 0 aliphatic rings. The van der Waals surface area contributed by atoms with Gasteiger partial charge in [-0.1, -0.05) is 33.2 Å². The van der Waals surface area contributed by atoms with Crippen LogP contribution in [0.3, 0.4) is 0 Å². The lowest BCUT2D eigenvalue weighted by molar-refractivity contribution is -0.126. The highest BCUT2D eigenvalue weighted by molar-refractivity contribution is 9.10. The molecule has 0 aliphatic carbocycles. The van der Waals surface area contributed by atoms with E-state index in [1.165, 1.54) is 0 Å². The fourth-order valence-corrected chi connectivity index (χ4v) is 1.95. The molecule has 2 rings (SSSR count). The summed E-state index contributed by atoms with van der Waals surface area (Å²) in [6.07, 6.45) is 0. The third-order valence-corrected chi connectivity index (χ3v) is 3.42. The molecule has 0 saturated heterocycles. The van der Waals surface area contributed by atoms with Gasteiger partial charge in [-0.05, 0) is 24.6 Å². The smallest absolute Gasteiger partial charge is 0.244 e. The van der Waals surface area contributed by atoms with Crippen LogP contribution in [-0.2, 0) is 16.9 Å². The van der Waals surface area contributed by atoms with Crippen LogP contribution in [0.25, 0.3) is 0 Å². The number of nitrogens with one attached hydrogen (secondary N) is 1. The van der Waals surface area contributed by atoms with Gasteiger partial charge in [0, 0.05) is 11.4 Å². The molecule has 6 nitrogen and oxygen atoms in total. The summed E-state index contributed by atoms with van der Waals surface area (Å²) >= 11 is 3.34. The zero-order valence-electron chi connectivity index (χ0n) is 11.6. The van der Waals surface area contributed by atoms with Crippen molar-refractivity contribution in [3.05, 3.63) is 46.0 Å². The third-order valence-electron chi connectivity index (χ3n) is 2.89. The van der Waals surface area contributed by atoms with Gasteiger partial charge in [0.15, 0.2) is 5.82 Å². The SMILES string of the molecule is Cc1nc(CNC(=O)C(C)(N)c2ccc(Br)cc2)no1.Cl. The molecule has 0 radical (unpaired) electrons. The molecule has 8 heteroatoms. The molecule has 1 amide bonds. The molecular weight excluding hydrogens is 360 g/mol. The van der Waals surface area contributed by atoms with Crippen molar-refractivity contribution in [3.63, 3.8) is 0 Å². The second-order valence-corrected chi connectivity index (χ2v) is 5.54. The molecular formula is C13H16BrClN4O2. The van der Waals surface area contributed by atoms with Crippen LogP contribution in [0.4, 0.5) is 0 Å². The first kappa shape index (κ1) is 17.6. The van der Waals surface area contributed by atoms with Gasteiger partial charge >= 0.3 is 0 Å². The number of benzene rings is 1. The first-order chi connectivity index (χ1) is 9.39. The molecule has 1 aromatic heterocycles. The van der Waals surface area contributed by atoms with Crippen molar-refractivity contribution in [1.29, 1.82) is 0 Å². The van der Waals surface area contributed by atoms with Crippen molar-refractivity contribution in [2.75, 3.05) is 0 Å². The second-order valence-electron chi connectivity index (χ2n) is 4.62. The minimum absolute atomic E-state index is 0. The fourth-order valence-electron chi connectivity index (χ4n) is 1.68. The molecule has 1 aromatic carbocycles. The van der Waals surface area contributed by atoms with Crippen molar-refractivity contribution in [3.8, 4) is 0 Å². The van der Waals surface area contributed by atoms with E-state index < -0.39 is 5.54 Å². The highest BCUT2D eigenvalue weighted by atomic mass is 79.9. The Balaban J connectivity index is 0.00000220. The Hall–Kier alpha value is -1.44. The standard InChI is InChI=1S/C13H15BrN4O2.ClH/c1-8-17-11(18-20-8)7-16-12(19)13(2,15)9-3-5-10(14)6-4-9;/h3-6H,7,15H2,1-2H3,(H,16,19);1H. The number of amides is 1. The van der Waals surface area contributed by atoms with Gasteiger partial charge < -0.3 is 15.6 Å². The van der Waals surface area contributed by atoms with E-state index in [0.29, 0.717) is 11.7 Å². The van der Waals surface area contributed by atoms with E-state index in [4.69, 9.17) is 10.3 Å². The number of carbonyl (C=O) groups excluding carboxylic acids is 1. The van der Waals surface area contributed by atoms with Crippen LogP contribution in [0, 0.1) is 6.92 Å². The van der Waals surface area contributed by atoms with E-state index in [9.17, 15) is 4.79 Å². The molecule has 0 spiro atoms. The summed E-state index contributed by atoms with van der Waals surface area (Å²) in [7, 11) is 0. The number of nitrogens with two attached hydrogens (primary N) is 1. The van der Waals surface area contributed by atoms with Gasteiger partial charge in [0.25, 0.3) is 0 Å². The molecule has 0 saturated carbocycles. The summed E-state index contributed by atoms with van der Waals surface area (Å²) < 4.78 is 5.76. The minimum Gasteiger partial charge on any atom is -0.347 e. The van der Waals surface area contributed by atoms with Crippen LogP contribution >= 0.6 is 28.3 Å². The van der Waals surface area contributed by atoms with Crippen molar-refractivity contribution in [1.82, 2.24) is 15.5 Å². The van der Waals surface area contributed by atoms with Crippen LogP contribution in [0.5, 0.6) is 0 Å². The molecule has 1 heterocycles. The predicted molar refractivity (Wildman–Crippen MR) is 83.8 cm³/mol. The predicted octanol–water partition coefficient (Wildman–Crippen LogP) is 2.05. The average Bonchev–Trinajstić information content (AvgIpc) is 2.82. The van der Waals surface area contributed by atoms with Crippen LogP contribution in [0.1, 0.15) is 24.2 Å². The lowest BCUT2D eigenvalue weighted by Crippen LogP contribution is -2.48. The summed E-state index contributed by atoms with van der Waals surface area (Å²) in [5.41, 5.74) is 5.71. The molecule has 0 aliphatic heterocycles. The lowest BCUT2D eigenvalue weighted by Gasteiger charge is -2.23. The highest BCUT2D eigenvalue weighted by Gasteiger charge is 2.30. The quantitative estimate of drug-likeness (QED) is 0.853. The Kier molecular flexibility index (Phi) is 5.88. The largest absolute Gasteiger partial charge is 0.347 e. The molecule has 2 aromatic rings. The Morgan fingerprint density at radius 3 is 2.57 bits per heavy atom. The number of rotatable bonds is 4. The van der Waals surface area contributed by atoms with E-state index in [0.717, 1.165) is 10.0 Å². The zero-order chi connectivity index (χ0) is 14.8. The van der Waals surface area contributed by atoms with E-state index in [1.807, 2.05) is 24.3 Å². The second kappa shape index (κ2) is 7.02. The number of hydrogen-bond donors (Lipinski definition) is 2. The molecule has 0 bridgehead atoms. The van der Waals surface area contributed by atoms with E-state index >= 15 is 0 Å². The molecule has 1 atom stereocenters. The number of nitrogens with zero attached hydrogens (tertiary/aromatic N) is 2. The summed E-state index contributed by atoms with van der Waals surface area (Å²) in [6, 6.07) is 7.30. The van der Waals surface area contributed by atoms with Gasteiger partial charge in [-0.25, -0.2) is 0 Å². The van der Waals surface area contributed by atoms with E-state index in [-0.39, 0.29) is 24.9 Å². The normalized spacial score (nSPS) is 13.1. The molecule has 0 fully saturated rings. The van der Waals surface area contributed by atoms with Crippen LogP contribution in [0.15, 0.2) is 33.3 Å². The van der Waals surface area contributed by atoms with E-state index in [1.54, 1.807) is 13.8 Å². The van der Waals surface area contributed by atoms with Crippen LogP contribution in [-0.4, -0.2) is 16.0 Å². The minimum atomic E-state index is -1.13. The Labute approximate surface area is 137 Å². The monoisotopic (exact) mass is 374 g/mol. The van der Waals surface area contributed by atoms with Gasteiger partial charge in [0.1, 0.15) is 5.54 Å². The lowest BCUT2D eigenvalue weighted by atomic mass is 9.92. The first-order valence-corrected chi connectivity index (χ1v) is 6.81. The number of hydrogen-bond acceptors (Lipinski definition) is 5. The number of aryl methyl sites for hydroxylation is 1. The van der Waals surface area contributed by atoms with Crippen molar-refractivity contribution in [2.24, 2.45) is 5.73 Å². The first-order valence-electron chi connectivity index (χ1n) is 6.02. The Bertz CT molecular complexity index is 613. The van der Waals surface area contributed by atoms with Gasteiger partial charge in [0.2, 0.25) is 11.8 Å². The van der Waals surface area contributed by atoms with Crippen molar-refractivity contribution < 1.29 is 9.32 Å². The topological polar surface area (TPSA) is 94.0 Å². The maximum absolute atomic E-state index is 12.2. The third kappa shape index (κ3) is 4.26. The fraction of sp³-hybridized carbons (Fsp3) is 0.308. The van der Waals surface area contributed by atoms with Crippen molar-refractivity contribution >= 4 is 34.2 Å². The summed E-state index contributed by atoms with van der Waals surface area (Å²) in [4.78, 5) is 16.2. The number of aromatic nitrogens is 2. The zero-order valence-corrected chi connectivity index (χ0v) is 14.0. The maximum atomic E-state index is 12.2. The van der Waals surface area contributed by atoms with Crippen molar-refractivity contribution in [2.45, 2.75) is 25.9 Å². The van der Waals surface area contributed by atoms with Gasteiger partial charge in [-0.2, -0.15) is 4.98 Å². The van der Waals surface area contributed by atoms with Crippen LogP contribution in [0.2, 0.25) is 0 Å². The summed E-state index contributed by atoms with van der Waals surface area (Å²) in [6.45, 7) is 3.53. The summed E-state index contributed by atoms with van der Waals surface area (Å²) in [5, 5.41) is 6.41. The Morgan fingerprint density at radius 2 is 2.05 bits per heavy atom. The van der Waals surface area contributed by atoms with E-state index in [2.05, 4.69) is 31.4 Å². The highest BCUT2D eigenvalue weighted by Crippen LogP contribution is 2.20. The van der Waals surface area contributed by atoms with Gasteiger partial charge in [-0.3, -0.25) is 4.79 Å². The number of halogens is 2. The number of carbonyl (C=O) groups is 1. The average molecular weight is 376 g/mol. The maximum Gasteiger partial charge on any atom is 0.244 e. The molecule has 3 N–H and O–H groups in total. The molecule has 1 unspecified atom stereocenters. The molecule has 114 valence electrons. The molecule has 21 heavy (non-hydrogen) atoms. The Morgan fingerprint density at radius 1 is 1.43 bits per heavy atom. The van der Waals surface area contributed by atoms with Gasteiger partial charge in [0.05, 0.1) is 6.54 Å².